The van der Waals surface area contributed by atoms with Crippen LogP contribution < -0.4 is 0 Å². The van der Waals surface area contributed by atoms with Crippen molar-refractivity contribution in [1.82, 2.24) is 0 Å². The molecule has 2 heterocycles. The van der Waals surface area contributed by atoms with Gasteiger partial charge >= 0.3 is 0 Å². The maximum absolute atomic E-state index is 12.7. The van der Waals surface area contributed by atoms with Crippen LogP contribution in [0.5, 0.6) is 0 Å². The average molecular weight is 344 g/mol. The van der Waals surface area contributed by atoms with Crippen molar-refractivity contribution in [2.45, 2.75) is 48.7 Å². The number of thioether (sulfide) groups is 2. The fourth-order valence-electron chi connectivity index (χ4n) is 3.95. The number of carbonyl (C=O) groups excluding carboxylic acids is 1. The second-order valence-corrected chi connectivity index (χ2v) is 8.59. The third-order valence-corrected chi connectivity index (χ3v) is 7.32. The Morgan fingerprint density at radius 3 is 2.96 bits per heavy atom. The SMILES string of the molecule is CSc1cc(C2C3=C(CCCC3=O)N=C3CCSC32)ccc1C. The first kappa shape index (κ1) is 15.5. The Morgan fingerprint density at radius 1 is 1.26 bits per heavy atom. The zero-order chi connectivity index (χ0) is 16.0. The number of Topliss-reactive ketones (excluding diaryl/α,β-unsaturated/α-hetero) is 1. The van der Waals surface area contributed by atoms with Crippen LogP contribution in [0.3, 0.4) is 0 Å². The van der Waals surface area contributed by atoms with Gasteiger partial charge < -0.3 is 0 Å². The summed E-state index contributed by atoms with van der Waals surface area (Å²) in [4.78, 5) is 18.9. The van der Waals surface area contributed by atoms with E-state index < -0.39 is 0 Å². The van der Waals surface area contributed by atoms with E-state index >= 15 is 0 Å². The number of aliphatic imine (C=N–C) groups is 1. The van der Waals surface area contributed by atoms with Gasteiger partial charge in [0.15, 0.2) is 5.78 Å². The molecule has 0 bridgehead atoms. The summed E-state index contributed by atoms with van der Waals surface area (Å²) in [5.41, 5.74) is 6.05. The van der Waals surface area contributed by atoms with Crippen LogP contribution >= 0.6 is 23.5 Å². The lowest BCUT2D eigenvalue weighted by Gasteiger charge is -2.33. The van der Waals surface area contributed by atoms with E-state index in [4.69, 9.17) is 4.99 Å². The molecule has 2 atom stereocenters. The lowest BCUT2D eigenvalue weighted by molar-refractivity contribution is -0.116. The predicted octanol–water partition coefficient (Wildman–Crippen LogP) is 4.77. The van der Waals surface area contributed by atoms with E-state index in [0.29, 0.717) is 17.5 Å². The Hall–Kier alpha value is -1.00. The second-order valence-electron chi connectivity index (χ2n) is 6.49. The van der Waals surface area contributed by atoms with Crippen LogP contribution in [0.4, 0.5) is 0 Å². The highest BCUT2D eigenvalue weighted by Crippen LogP contribution is 2.48. The van der Waals surface area contributed by atoms with Crippen LogP contribution in [0.15, 0.2) is 39.4 Å². The molecule has 120 valence electrons. The third-order valence-electron chi connectivity index (χ3n) is 5.10. The lowest BCUT2D eigenvalue weighted by Crippen LogP contribution is -2.32. The summed E-state index contributed by atoms with van der Waals surface area (Å²) in [6.45, 7) is 2.16. The molecule has 1 fully saturated rings. The molecule has 1 aliphatic carbocycles. The van der Waals surface area contributed by atoms with E-state index in [9.17, 15) is 4.79 Å². The van der Waals surface area contributed by atoms with Crippen LogP contribution in [0.1, 0.15) is 42.7 Å². The van der Waals surface area contributed by atoms with Gasteiger partial charge in [-0.3, -0.25) is 9.79 Å². The molecule has 0 spiro atoms. The van der Waals surface area contributed by atoms with Gasteiger partial charge in [-0.1, -0.05) is 12.1 Å². The highest BCUT2D eigenvalue weighted by atomic mass is 32.2. The fraction of sp³-hybridized carbons (Fsp3) is 0.474. The summed E-state index contributed by atoms with van der Waals surface area (Å²) >= 11 is 3.77. The van der Waals surface area contributed by atoms with Crippen molar-refractivity contribution in [1.29, 1.82) is 0 Å². The van der Waals surface area contributed by atoms with Gasteiger partial charge in [0, 0.05) is 34.2 Å². The summed E-state index contributed by atoms with van der Waals surface area (Å²) in [5.74, 6) is 1.68. The van der Waals surface area contributed by atoms with E-state index in [2.05, 4.69) is 31.4 Å². The Labute approximate surface area is 146 Å². The summed E-state index contributed by atoms with van der Waals surface area (Å²) in [6, 6.07) is 6.74. The van der Waals surface area contributed by atoms with Crippen molar-refractivity contribution >= 4 is 35.0 Å². The van der Waals surface area contributed by atoms with Crippen molar-refractivity contribution in [3.05, 3.63) is 40.6 Å². The summed E-state index contributed by atoms with van der Waals surface area (Å²) in [6.07, 6.45) is 5.83. The molecular formula is C19H21NOS2. The second kappa shape index (κ2) is 6.14. The average Bonchev–Trinajstić information content (AvgIpc) is 3.02. The Bertz CT molecular complexity index is 735. The summed E-state index contributed by atoms with van der Waals surface area (Å²) < 4.78 is 0. The number of aryl methyl sites for hydroxylation is 1. The molecule has 0 amide bonds. The molecule has 2 aliphatic heterocycles. The van der Waals surface area contributed by atoms with E-state index in [1.165, 1.54) is 21.7 Å². The minimum absolute atomic E-state index is 0.212. The van der Waals surface area contributed by atoms with Crippen molar-refractivity contribution in [3.8, 4) is 0 Å². The van der Waals surface area contributed by atoms with Crippen LogP contribution in [-0.4, -0.2) is 28.8 Å². The van der Waals surface area contributed by atoms with Crippen molar-refractivity contribution in [2.75, 3.05) is 12.0 Å². The van der Waals surface area contributed by atoms with Crippen LogP contribution in [0.2, 0.25) is 0 Å². The predicted molar refractivity (Wildman–Crippen MR) is 99.9 cm³/mol. The Kier molecular flexibility index (Phi) is 4.14. The molecule has 0 N–H and O–H groups in total. The smallest absolute Gasteiger partial charge is 0.161 e. The number of rotatable bonds is 2. The molecule has 0 radical (unpaired) electrons. The molecular weight excluding hydrogens is 322 g/mol. The first-order valence-corrected chi connectivity index (χ1v) is 10.6. The number of hydrogen-bond acceptors (Lipinski definition) is 4. The molecule has 1 saturated heterocycles. The van der Waals surface area contributed by atoms with Gasteiger partial charge in [0.1, 0.15) is 0 Å². The topological polar surface area (TPSA) is 29.4 Å². The van der Waals surface area contributed by atoms with Gasteiger partial charge in [0.2, 0.25) is 0 Å². The first-order valence-electron chi connectivity index (χ1n) is 8.29. The molecule has 0 aromatic heterocycles. The maximum Gasteiger partial charge on any atom is 0.161 e. The van der Waals surface area contributed by atoms with Gasteiger partial charge in [-0.25, -0.2) is 0 Å². The van der Waals surface area contributed by atoms with Crippen LogP contribution in [-0.2, 0) is 4.79 Å². The zero-order valence-electron chi connectivity index (χ0n) is 13.6. The molecule has 23 heavy (non-hydrogen) atoms. The number of carbonyl (C=O) groups is 1. The number of ketones is 1. The van der Waals surface area contributed by atoms with Gasteiger partial charge in [0.25, 0.3) is 0 Å². The Morgan fingerprint density at radius 2 is 2.13 bits per heavy atom. The van der Waals surface area contributed by atoms with Crippen LogP contribution in [0, 0.1) is 6.92 Å². The standard InChI is InChI=1S/C19H21NOS2/c1-11-6-7-12(10-16(11)22-2)17-18-13(4-3-5-15(18)21)20-14-8-9-23-19(14)17/h6-7,10,17,19H,3-5,8-9H2,1-2H3. The number of fused-ring (bicyclic) bond motifs is 1. The number of nitrogens with zero attached hydrogens (tertiary/aromatic N) is 1. The van der Waals surface area contributed by atoms with E-state index in [0.717, 1.165) is 36.3 Å². The molecule has 1 aromatic carbocycles. The van der Waals surface area contributed by atoms with Gasteiger partial charge in [0.05, 0.1) is 5.25 Å². The van der Waals surface area contributed by atoms with Crippen LogP contribution in [0.25, 0.3) is 0 Å². The summed E-state index contributed by atoms with van der Waals surface area (Å²) in [5, 5.41) is 0.369. The molecule has 4 heteroatoms. The Balaban J connectivity index is 1.86. The number of allylic oxidation sites excluding steroid dienone is 2. The van der Waals surface area contributed by atoms with Gasteiger partial charge in [-0.05, 0) is 55.4 Å². The zero-order valence-corrected chi connectivity index (χ0v) is 15.2. The lowest BCUT2D eigenvalue weighted by atomic mass is 9.77. The quantitative estimate of drug-likeness (QED) is 0.725. The molecule has 2 unspecified atom stereocenters. The number of hydrogen-bond donors (Lipinski definition) is 0. The minimum Gasteiger partial charge on any atom is -0.294 e. The minimum atomic E-state index is 0.212. The molecule has 3 aliphatic rings. The van der Waals surface area contributed by atoms with E-state index in [1.807, 2.05) is 11.8 Å². The van der Waals surface area contributed by atoms with Crippen molar-refractivity contribution in [2.24, 2.45) is 4.99 Å². The van der Waals surface area contributed by atoms with Gasteiger partial charge in [-0.15, -0.1) is 11.8 Å². The normalized spacial score (nSPS) is 26.9. The van der Waals surface area contributed by atoms with Gasteiger partial charge in [-0.2, -0.15) is 11.8 Å². The largest absolute Gasteiger partial charge is 0.294 e. The molecule has 4 rings (SSSR count). The van der Waals surface area contributed by atoms with Crippen molar-refractivity contribution < 1.29 is 4.79 Å². The third kappa shape index (κ3) is 2.60. The first-order chi connectivity index (χ1) is 11.2. The molecule has 1 aromatic rings. The monoisotopic (exact) mass is 343 g/mol. The molecule has 2 nitrogen and oxygen atoms in total. The van der Waals surface area contributed by atoms with Crippen molar-refractivity contribution in [3.63, 3.8) is 0 Å². The van der Waals surface area contributed by atoms with E-state index in [1.54, 1.807) is 11.8 Å². The fourth-order valence-corrected chi connectivity index (χ4v) is 6.02. The summed E-state index contributed by atoms with van der Waals surface area (Å²) in [7, 11) is 0. The maximum atomic E-state index is 12.7. The molecule has 0 saturated carbocycles. The van der Waals surface area contributed by atoms with E-state index in [-0.39, 0.29) is 5.92 Å². The number of benzene rings is 1. The highest BCUT2D eigenvalue weighted by molar-refractivity contribution is 8.01. The highest BCUT2D eigenvalue weighted by Gasteiger charge is 2.42.